The molecule has 0 fully saturated rings. The van der Waals surface area contributed by atoms with Crippen LogP contribution in [-0.4, -0.2) is 15.0 Å². The average Bonchev–Trinajstić information content (AvgIpc) is 2.53. The van der Waals surface area contributed by atoms with Crippen molar-refractivity contribution in [3.05, 3.63) is 71.1 Å². The van der Waals surface area contributed by atoms with Crippen molar-refractivity contribution in [2.24, 2.45) is 0 Å². The predicted molar refractivity (Wildman–Crippen MR) is 86.5 cm³/mol. The van der Waals surface area contributed by atoms with Crippen molar-refractivity contribution in [2.75, 3.05) is 10.8 Å². The smallest absolute Gasteiger partial charge is 0.257 e. The number of nitrogens with zero attached hydrogens (tertiary/aromatic N) is 1. The van der Waals surface area contributed by atoms with E-state index in [9.17, 15) is 8.42 Å². The van der Waals surface area contributed by atoms with Gasteiger partial charge in [-0.05, 0) is 36.1 Å². The molecular formula is C17H17NO2S. The Morgan fingerprint density at radius 2 is 1.67 bits per heavy atom. The molecule has 0 aliphatic carbocycles. The Hall–Kier alpha value is -2.07. The van der Waals surface area contributed by atoms with Crippen LogP contribution in [0, 0.1) is 0 Å². The molecule has 0 spiro atoms. The highest BCUT2D eigenvalue weighted by atomic mass is 32.2. The zero-order chi connectivity index (χ0) is 14.7. The molecule has 0 bridgehead atoms. The van der Waals surface area contributed by atoms with Crippen molar-refractivity contribution in [2.45, 2.75) is 12.8 Å². The van der Waals surface area contributed by atoms with E-state index in [1.54, 1.807) is 6.08 Å². The molecule has 0 atom stereocenters. The van der Waals surface area contributed by atoms with Crippen LogP contribution >= 0.6 is 0 Å². The Morgan fingerprint density at radius 3 is 2.48 bits per heavy atom. The number of benzene rings is 2. The maximum atomic E-state index is 12.6. The highest BCUT2D eigenvalue weighted by Crippen LogP contribution is 2.29. The third-order valence-corrected chi connectivity index (χ3v) is 5.08. The molecule has 21 heavy (non-hydrogen) atoms. The van der Waals surface area contributed by atoms with Gasteiger partial charge in [0.1, 0.15) is 0 Å². The van der Waals surface area contributed by atoms with Crippen molar-refractivity contribution < 1.29 is 8.42 Å². The molecule has 0 aromatic heterocycles. The van der Waals surface area contributed by atoms with Gasteiger partial charge in [-0.25, -0.2) is 8.42 Å². The highest BCUT2D eigenvalue weighted by Gasteiger charge is 2.24. The van der Waals surface area contributed by atoms with E-state index >= 15 is 0 Å². The van der Waals surface area contributed by atoms with Gasteiger partial charge in [0.25, 0.3) is 10.0 Å². The van der Waals surface area contributed by atoms with E-state index < -0.39 is 10.0 Å². The summed E-state index contributed by atoms with van der Waals surface area (Å²) < 4.78 is 26.6. The zero-order valence-corrected chi connectivity index (χ0v) is 12.5. The van der Waals surface area contributed by atoms with Gasteiger partial charge in [0, 0.05) is 6.54 Å². The van der Waals surface area contributed by atoms with Gasteiger partial charge >= 0.3 is 0 Å². The Kier molecular flexibility index (Phi) is 3.80. The summed E-state index contributed by atoms with van der Waals surface area (Å²) in [7, 11) is -3.44. The number of hydrogen-bond donors (Lipinski definition) is 0. The molecule has 0 amide bonds. The quantitative estimate of drug-likeness (QED) is 0.870. The van der Waals surface area contributed by atoms with Gasteiger partial charge in [0.2, 0.25) is 0 Å². The fourth-order valence-corrected chi connectivity index (χ4v) is 3.88. The Bertz CT molecular complexity index is 751. The molecule has 108 valence electrons. The minimum atomic E-state index is -3.44. The topological polar surface area (TPSA) is 37.4 Å². The minimum Gasteiger partial charge on any atom is -0.267 e. The van der Waals surface area contributed by atoms with Crippen molar-refractivity contribution in [1.29, 1.82) is 0 Å². The maximum Gasteiger partial charge on any atom is 0.257 e. The van der Waals surface area contributed by atoms with Crippen LogP contribution in [0.4, 0.5) is 5.69 Å². The van der Waals surface area contributed by atoms with E-state index in [2.05, 4.69) is 0 Å². The minimum absolute atomic E-state index is 0.540. The van der Waals surface area contributed by atoms with Crippen LogP contribution in [0.25, 0.3) is 6.08 Å². The van der Waals surface area contributed by atoms with Gasteiger partial charge in [0.05, 0.1) is 11.1 Å². The van der Waals surface area contributed by atoms with Gasteiger partial charge in [-0.3, -0.25) is 4.31 Å². The van der Waals surface area contributed by atoms with Crippen LogP contribution in [-0.2, 0) is 16.4 Å². The molecule has 2 aromatic rings. The maximum absolute atomic E-state index is 12.6. The average molecular weight is 299 g/mol. The van der Waals surface area contributed by atoms with E-state index in [1.165, 1.54) is 9.71 Å². The van der Waals surface area contributed by atoms with Gasteiger partial charge in [-0.2, -0.15) is 0 Å². The second kappa shape index (κ2) is 5.74. The molecule has 0 unspecified atom stereocenters. The first kappa shape index (κ1) is 13.9. The fourth-order valence-electron chi connectivity index (χ4n) is 2.57. The number of para-hydroxylation sites is 1. The summed E-state index contributed by atoms with van der Waals surface area (Å²) in [6.45, 7) is 0.540. The Labute approximate surface area is 125 Å². The van der Waals surface area contributed by atoms with Crippen molar-refractivity contribution in [3.63, 3.8) is 0 Å². The second-order valence-electron chi connectivity index (χ2n) is 5.06. The van der Waals surface area contributed by atoms with E-state index in [4.69, 9.17) is 0 Å². The molecule has 1 aliphatic rings. The monoisotopic (exact) mass is 299 g/mol. The van der Waals surface area contributed by atoms with Crippen molar-refractivity contribution in [3.8, 4) is 0 Å². The third kappa shape index (κ3) is 3.00. The third-order valence-electron chi connectivity index (χ3n) is 3.61. The molecule has 0 saturated carbocycles. The first-order chi connectivity index (χ1) is 10.2. The number of anilines is 1. The molecule has 0 radical (unpaired) electrons. The standard InChI is InChI=1S/C17H17NO2S/c19-21(20,14-12-15-7-2-1-3-8-15)18-13-6-10-16-9-4-5-11-17(16)18/h1-5,7-9,11-12,14H,6,10,13H2/b14-12+. The number of aryl methyl sites for hydroxylation is 1. The lowest BCUT2D eigenvalue weighted by Crippen LogP contribution is -2.33. The largest absolute Gasteiger partial charge is 0.267 e. The van der Waals surface area contributed by atoms with Crippen LogP contribution in [0.3, 0.4) is 0 Å². The lowest BCUT2D eigenvalue weighted by atomic mass is 10.0. The summed E-state index contributed by atoms with van der Waals surface area (Å²) in [5, 5.41) is 1.30. The molecule has 1 aliphatic heterocycles. The van der Waals surface area contributed by atoms with Crippen molar-refractivity contribution in [1.82, 2.24) is 0 Å². The van der Waals surface area contributed by atoms with E-state index in [0.717, 1.165) is 29.7 Å². The summed E-state index contributed by atoms with van der Waals surface area (Å²) in [5.41, 5.74) is 2.79. The second-order valence-corrected chi connectivity index (χ2v) is 6.81. The zero-order valence-electron chi connectivity index (χ0n) is 11.6. The van der Waals surface area contributed by atoms with Crippen molar-refractivity contribution >= 4 is 21.8 Å². The normalized spacial score (nSPS) is 15.1. The van der Waals surface area contributed by atoms with E-state index in [-0.39, 0.29) is 0 Å². The number of sulfonamides is 1. The lowest BCUT2D eigenvalue weighted by molar-refractivity contribution is 0.595. The fraction of sp³-hybridized carbons (Fsp3) is 0.176. The summed E-state index contributed by atoms with van der Waals surface area (Å²) >= 11 is 0. The summed E-state index contributed by atoms with van der Waals surface area (Å²) in [5.74, 6) is 0. The molecule has 1 heterocycles. The van der Waals surface area contributed by atoms with E-state index in [0.29, 0.717) is 6.54 Å². The Balaban J connectivity index is 1.91. The van der Waals surface area contributed by atoms with Gasteiger partial charge < -0.3 is 0 Å². The summed E-state index contributed by atoms with van der Waals surface area (Å²) in [6.07, 6.45) is 3.44. The van der Waals surface area contributed by atoms with Gasteiger partial charge in [0.15, 0.2) is 0 Å². The molecular weight excluding hydrogens is 282 g/mol. The Morgan fingerprint density at radius 1 is 0.952 bits per heavy atom. The molecule has 3 rings (SSSR count). The first-order valence-corrected chi connectivity index (χ1v) is 8.51. The summed E-state index contributed by atoms with van der Waals surface area (Å²) in [6, 6.07) is 17.2. The number of rotatable bonds is 3. The first-order valence-electron chi connectivity index (χ1n) is 7.01. The van der Waals surface area contributed by atoms with Crippen LogP contribution in [0.1, 0.15) is 17.5 Å². The van der Waals surface area contributed by atoms with Crippen LogP contribution < -0.4 is 4.31 Å². The molecule has 0 N–H and O–H groups in total. The molecule has 2 aromatic carbocycles. The van der Waals surface area contributed by atoms with Crippen LogP contribution in [0.15, 0.2) is 60.0 Å². The van der Waals surface area contributed by atoms with Crippen LogP contribution in [0.5, 0.6) is 0 Å². The lowest BCUT2D eigenvalue weighted by Gasteiger charge is -2.29. The highest BCUT2D eigenvalue weighted by molar-refractivity contribution is 7.95. The van der Waals surface area contributed by atoms with Gasteiger partial charge in [-0.1, -0.05) is 48.5 Å². The van der Waals surface area contributed by atoms with Gasteiger partial charge in [-0.15, -0.1) is 0 Å². The molecule has 4 heteroatoms. The molecule has 3 nitrogen and oxygen atoms in total. The van der Waals surface area contributed by atoms with Crippen LogP contribution in [0.2, 0.25) is 0 Å². The predicted octanol–water partition coefficient (Wildman–Crippen LogP) is 3.44. The van der Waals surface area contributed by atoms with E-state index in [1.807, 2.05) is 54.6 Å². The number of hydrogen-bond acceptors (Lipinski definition) is 2. The molecule has 0 saturated heterocycles. The number of fused-ring (bicyclic) bond motifs is 1. The SMILES string of the molecule is O=S(=O)(/C=C/c1ccccc1)N1CCCc2ccccc21. The summed E-state index contributed by atoms with van der Waals surface area (Å²) in [4.78, 5) is 0.